The molecule has 1 amide bonds. The van der Waals surface area contributed by atoms with Crippen LogP contribution in [0.2, 0.25) is 0 Å². The van der Waals surface area contributed by atoms with Crippen molar-refractivity contribution in [2.24, 2.45) is 0 Å². The molecule has 0 spiro atoms. The zero-order valence-electron chi connectivity index (χ0n) is 9.57. The van der Waals surface area contributed by atoms with E-state index in [-0.39, 0.29) is 12.6 Å². The van der Waals surface area contributed by atoms with Gasteiger partial charge in [0.25, 0.3) is 0 Å². The summed E-state index contributed by atoms with van der Waals surface area (Å²) in [5, 5.41) is 0. The number of ether oxygens (including phenoxy) is 2. The second kappa shape index (κ2) is 4.08. The van der Waals surface area contributed by atoms with Crippen molar-refractivity contribution in [3.8, 4) is 0 Å². The van der Waals surface area contributed by atoms with Crippen molar-refractivity contribution >= 4 is 12.1 Å². The van der Waals surface area contributed by atoms with Gasteiger partial charge < -0.3 is 9.47 Å². The third-order valence-corrected chi connectivity index (χ3v) is 2.01. The predicted molar refractivity (Wildman–Crippen MR) is 53.4 cm³/mol. The molecule has 0 aliphatic carbocycles. The Bertz CT molecular complexity index is 269. The summed E-state index contributed by atoms with van der Waals surface area (Å²) in [6.07, 6.45) is -0.466. The van der Waals surface area contributed by atoms with Crippen LogP contribution in [0.1, 0.15) is 27.7 Å². The summed E-state index contributed by atoms with van der Waals surface area (Å²) in [6, 6.07) is -0.561. The number of hydrogen-bond donors (Lipinski definition) is 0. The normalized spacial score (nSPS) is 22.3. The van der Waals surface area contributed by atoms with Crippen molar-refractivity contribution in [1.82, 2.24) is 4.90 Å². The van der Waals surface area contributed by atoms with Crippen molar-refractivity contribution in [3.63, 3.8) is 0 Å². The summed E-state index contributed by atoms with van der Waals surface area (Å²) >= 11 is 0. The summed E-state index contributed by atoms with van der Waals surface area (Å²) in [5.74, 6) is -0.382. The van der Waals surface area contributed by atoms with Crippen LogP contribution in [0.15, 0.2) is 0 Å². The number of carbonyl (C=O) groups excluding carboxylic acids is 2. The number of cyclic esters (lactones) is 1. The fourth-order valence-corrected chi connectivity index (χ4v) is 1.26. The van der Waals surface area contributed by atoms with Gasteiger partial charge in [-0.25, -0.2) is 9.59 Å². The Balaban J connectivity index is 2.63. The number of hydrogen-bond acceptors (Lipinski definition) is 4. The Hall–Kier alpha value is -1.26. The molecule has 5 heteroatoms. The van der Waals surface area contributed by atoms with Crippen LogP contribution < -0.4 is 0 Å². The molecular formula is C10H17NO4. The number of morpholine rings is 1. The Labute approximate surface area is 89.3 Å². The molecule has 0 aromatic rings. The molecule has 1 heterocycles. The van der Waals surface area contributed by atoms with Gasteiger partial charge in [0, 0.05) is 0 Å². The fraction of sp³-hybridized carbons (Fsp3) is 0.800. The lowest BCUT2D eigenvalue weighted by Gasteiger charge is -2.33. The Morgan fingerprint density at radius 3 is 2.67 bits per heavy atom. The minimum absolute atomic E-state index is 0.239. The third-order valence-electron chi connectivity index (χ3n) is 2.01. The largest absolute Gasteiger partial charge is 0.462 e. The average Bonchev–Trinajstić information content (AvgIpc) is 2.06. The maximum atomic E-state index is 11.7. The highest BCUT2D eigenvalue weighted by Gasteiger charge is 2.33. The van der Waals surface area contributed by atoms with Gasteiger partial charge in [-0.15, -0.1) is 0 Å². The fourth-order valence-electron chi connectivity index (χ4n) is 1.26. The summed E-state index contributed by atoms with van der Waals surface area (Å²) in [5.41, 5.74) is -0.543. The van der Waals surface area contributed by atoms with Gasteiger partial charge in [0.15, 0.2) is 0 Å². The van der Waals surface area contributed by atoms with Crippen LogP contribution in [-0.2, 0) is 14.3 Å². The van der Waals surface area contributed by atoms with Crippen LogP contribution in [-0.4, -0.2) is 41.8 Å². The van der Waals surface area contributed by atoms with E-state index in [1.54, 1.807) is 27.7 Å². The highest BCUT2D eigenvalue weighted by atomic mass is 16.6. The number of carbonyl (C=O) groups is 2. The standard InChI is InChI=1S/C10H17NO4/c1-7-8(12)14-6-5-11(7)9(13)15-10(2,3)4/h7H,5-6H2,1-4H3. The van der Waals surface area contributed by atoms with Gasteiger partial charge in [-0.2, -0.15) is 0 Å². The molecular weight excluding hydrogens is 198 g/mol. The first-order valence-corrected chi connectivity index (χ1v) is 4.97. The van der Waals surface area contributed by atoms with Gasteiger partial charge >= 0.3 is 12.1 Å². The van der Waals surface area contributed by atoms with Crippen LogP contribution in [0.3, 0.4) is 0 Å². The molecule has 0 aromatic carbocycles. The van der Waals surface area contributed by atoms with Crippen molar-refractivity contribution in [1.29, 1.82) is 0 Å². The molecule has 0 aromatic heterocycles. The van der Waals surface area contributed by atoms with E-state index < -0.39 is 17.7 Å². The smallest absolute Gasteiger partial charge is 0.411 e. The molecule has 1 aliphatic heterocycles. The van der Waals surface area contributed by atoms with Gasteiger partial charge in [-0.1, -0.05) is 0 Å². The zero-order chi connectivity index (χ0) is 11.6. The lowest BCUT2D eigenvalue weighted by Crippen LogP contribution is -2.51. The molecule has 0 bridgehead atoms. The van der Waals surface area contributed by atoms with E-state index in [4.69, 9.17) is 9.47 Å². The second-order valence-electron chi connectivity index (χ2n) is 4.52. The van der Waals surface area contributed by atoms with E-state index in [1.165, 1.54) is 4.90 Å². The number of nitrogens with zero attached hydrogens (tertiary/aromatic N) is 1. The van der Waals surface area contributed by atoms with Crippen LogP contribution >= 0.6 is 0 Å². The average molecular weight is 215 g/mol. The van der Waals surface area contributed by atoms with Crippen LogP contribution in [0.4, 0.5) is 4.79 Å². The Morgan fingerprint density at radius 1 is 1.53 bits per heavy atom. The van der Waals surface area contributed by atoms with Crippen molar-refractivity contribution < 1.29 is 19.1 Å². The summed E-state index contributed by atoms with van der Waals surface area (Å²) in [4.78, 5) is 24.3. The van der Waals surface area contributed by atoms with E-state index in [0.717, 1.165) is 0 Å². The predicted octanol–water partition coefficient (Wildman–Crippen LogP) is 1.17. The number of amides is 1. The highest BCUT2D eigenvalue weighted by molar-refractivity contribution is 5.82. The highest BCUT2D eigenvalue weighted by Crippen LogP contribution is 2.14. The molecule has 0 saturated carbocycles. The molecule has 1 atom stereocenters. The van der Waals surface area contributed by atoms with Crippen LogP contribution in [0.25, 0.3) is 0 Å². The quantitative estimate of drug-likeness (QED) is 0.569. The zero-order valence-corrected chi connectivity index (χ0v) is 9.57. The Kier molecular flexibility index (Phi) is 3.21. The first kappa shape index (κ1) is 11.8. The van der Waals surface area contributed by atoms with Gasteiger partial charge in [0.2, 0.25) is 0 Å². The lowest BCUT2D eigenvalue weighted by molar-refractivity contribution is -0.155. The van der Waals surface area contributed by atoms with Crippen LogP contribution in [0, 0.1) is 0 Å². The second-order valence-corrected chi connectivity index (χ2v) is 4.52. The molecule has 1 saturated heterocycles. The SMILES string of the molecule is CC1C(=O)OCCN1C(=O)OC(C)(C)C. The van der Waals surface area contributed by atoms with Crippen LogP contribution in [0.5, 0.6) is 0 Å². The first-order valence-electron chi connectivity index (χ1n) is 4.97. The molecule has 1 fully saturated rings. The van der Waals surface area contributed by atoms with Gasteiger partial charge in [-0.3, -0.25) is 4.90 Å². The molecule has 86 valence electrons. The van der Waals surface area contributed by atoms with Gasteiger partial charge in [0.05, 0.1) is 6.54 Å². The van der Waals surface area contributed by atoms with E-state index in [2.05, 4.69) is 0 Å². The molecule has 1 rings (SSSR count). The number of esters is 1. The molecule has 0 radical (unpaired) electrons. The third kappa shape index (κ3) is 3.11. The minimum Gasteiger partial charge on any atom is -0.462 e. The lowest BCUT2D eigenvalue weighted by atomic mass is 10.2. The first-order chi connectivity index (χ1) is 6.81. The Morgan fingerprint density at radius 2 is 2.13 bits per heavy atom. The van der Waals surface area contributed by atoms with E-state index in [0.29, 0.717) is 6.54 Å². The van der Waals surface area contributed by atoms with E-state index >= 15 is 0 Å². The van der Waals surface area contributed by atoms with E-state index in [1.807, 2.05) is 0 Å². The molecule has 1 unspecified atom stereocenters. The monoisotopic (exact) mass is 215 g/mol. The van der Waals surface area contributed by atoms with Crippen molar-refractivity contribution in [2.45, 2.75) is 39.3 Å². The molecule has 5 nitrogen and oxygen atoms in total. The summed E-state index contributed by atoms with van der Waals surface area (Å²) in [7, 11) is 0. The van der Waals surface area contributed by atoms with E-state index in [9.17, 15) is 9.59 Å². The summed E-state index contributed by atoms with van der Waals surface area (Å²) < 4.78 is 9.99. The number of rotatable bonds is 0. The molecule has 0 N–H and O–H groups in total. The maximum absolute atomic E-state index is 11.7. The molecule has 15 heavy (non-hydrogen) atoms. The minimum atomic E-state index is -0.561. The summed E-state index contributed by atoms with van der Waals surface area (Å²) in [6.45, 7) is 7.63. The molecule has 1 aliphatic rings. The topological polar surface area (TPSA) is 55.8 Å². The maximum Gasteiger partial charge on any atom is 0.411 e. The van der Waals surface area contributed by atoms with Gasteiger partial charge in [0.1, 0.15) is 18.2 Å². The van der Waals surface area contributed by atoms with Crippen molar-refractivity contribution in [3.05, 3.63) is 0 Å². The van der Waals surface area contributed by atoms with Crippen molar-refractivity contribution in [2.75, 3.05) is 13.2 Å². The van der Waals surface area contributed by atoms with Gasteiger partial charge in [-0.05, 0) is 27.7 Å².